The summed E-state index contributed by atoms with van der Waals surface area (Å²) in [5.41, 5.74) is 0.607. The fraction of sp³-hybridized carbons (Fsp3) is 0.583. The Kier molecular flexibility index (Phi) is 14.2. The van der Waals surface area contributed by atoms with Gasteiger partial charge >= 0.3 is 23.9 Å². The maximum Gasteiger partial charge on any atom is 0.333 e. The molecule has 0 heterocycles. The van der Waals surface area contributed by atoms with Gasteiger partial charge in [0.25, 0.3) is 0 Å². The van der Waals surface area contributed by atoms with E-state index in [0.717, 1.165) is 0 Å². The summed E-state index contributed by atoms with van der Waals surface area (Å²) >= 11 is 0. The Morgan fingerprint density at radius 2 is 0.941 bits per heavy atom. The summed E-state index contributed by atoms with van der Waals surface area (Å²) in [6.45, 7) is 10.8. The molecule has 0 aromatic heterocycles. The molecule has 2 atom stereocenters. The number of carbonyl (C=O) groups is 4. The van der Waals surface area contributed by atoms with E-state index in [9.17, 15) is 19.2 Å². The van der Waals surface area contributed by atoms with Gasteiger partial charge in [-0.15, -0.1) is 0 Å². The fourth-order valence-corrected chi connectivity index (χ4v) is 2.79. The van der Waals surface area contributed by atoms with Crippen LogP contribution in [0.3, 0.4) is 0 Å². The van der Waals surface area contributed by atoms with E-state index < -0.39 is 35.7 Å². The molecule has 0 N–H and O–H groups in total. The van der Waals surface area contributed by atoms with Gasteiger partial charge < -0.3 is 28.4 Å². The Hall–Kier alpha value is -2.98. The Labute approximate surface area is 199 Å². The second kappa shape index (κ2) is 16.6. The zero-order valence-electron chi connectivity index (χ0n) is 19.9. The molecular formula is C24H34O10. The average molecular weight is 483 g/mol. The number of ether oxygens (including phenoxy) is 6. The van der Waals surface area contributed by atoms with Gasteiger partial charge in [0.05, 0.1) is 38.3 Å². The minimum atomic E-state index is -0.642. The van der Waals surface area contributed by atoms with Gasteiger partial charge in [0.15, 0.2) is 0 Å². The monoisotopic (exact) mass is 482 g/mol. The van der Waals surface area contributed by atoms with Crippen LogP contribution in [0.5, 0.6) is 0 Å². The molecule has 10 heteroatoms. The first-order chi connectivity index (χ1) is 16.2. The molecule has 0 unspecified atom stereocenters. The third-order valence-corrected chi connectivity index (χ3v) is 4.60. The third kappa shape index (κ3) is 11.8. The smallest absolute Gasteiger partial charge is 0.333 e. The van der Waals surface area contributed by atoms with Crippen LogP contribution < -0.4 is 0 Å². The van der Waals surface area contributed by atoms with Crippen molar-refractivity contribution in [2.75, 3.05) is 52.9 Å². The van der Waals surface area contributed by atoms with Crippen LogP contribution in [-0.4, -0.2) is 76.7 Å². The first-order valence-corrected chi connectivity index (χ1v) is 11.0. The van der Waals surface area contributed by atoms with Crippen molar-refractivity contribution in [1.29, 1.82) is 0 Å². The van der Waals surface area contributed by atoms with E-state index >= 15 is 0 Å². The van der Waals surface area contributed by atoms with Crippen LogP contribution >= 0.6 is 0 Å². The molecule has 10 nitrogen and oxygen atoms in total. The van der Waals surface area contributed by atoms with E-state index in [0.29, 0.717) is 24.0 Å². The van der Waals surface area contributed by atoms with Gasteiger partial charge in [-0.2, -0.15) is 0 Å². The molecule has 0 aromatic rings. The van der Waals surface area contributed by atoms with Crippen LogP contribution in [0.4, 0.5) is 0 Å². The topological polar surface area (TPSA) is 124 Å². The molecule has 0 aliphatic heterocycles. The van der Waals surface area contributed by atoms with Crippen molar-refractivity contribution in [3.05, 3.63) is 36.5 Å². The summed E-state index contributed by atoms with van der Waals surface area (Å²) in [6.07, 6.45) is 4.41. The van der Waals surface area contributed by atoms with Crippen LogP contribution in [0.15, 0.2) is 36.5 Å². The van der Waals surface area contributed by atoms with Gasteiger partial charge in [0.2, 0.25) is 0 Å². The molecule has 0 spiro atoms. The van der Waals surface area contributed by atoms with E-state index in [1.165, 1.54) is 0 Å². The minimum absolute atomic E-state index is 0.0129. The van der Waals surface area contributed by atoms with Crippen LogP contribution in [0.1, 0.15) is 26.7 Å². The Bertz CT molecular complexity index is 693. The largest absolute Gasteiger partial charge is 0.463 e. The summed E-state index contributed by atoms with van der Waals surface area (Å²) in [5.74, 6) is -3.27. The van der Waals surface area contributed by atoms with Gasteiger partial charge in [0, 0.05) is 11.1 Å². The zero-order chi connectivity index (χ0) is 25.3. The quantitative estimate of drug-likeness (QED) is 0.106. The number of esters is 4. The van der Waals surface area contributed by atoms with Crippen LogP contribution in [0.25, 0.3) is 0 Å². The second-order valence-electron chi connectivity index (χ2n) is 7.55. The summed E-state index contributed by atoms with van der Waals surface area (Å²) in [5, 5.41) is 0. The molecule has 0 saturated heterocycles. The first kappa shape index (κ1) is 29.1. The molecule has 0 aromatic carbocycles. The van der Waals surface area contributed by atoms with Gasteiger partial charge in [-0.3, -0.25) is 9.59 Å². The molecule has 0 radical (unpaired) electrons. The van der Waals surface area contributed by atoms with Gasteiger partial charge in [-0.05, 0) is 26.7 Å². The minimum Gasteiger partial charge on any atom is -0.463 e. The SMILES string of the molecule is C=C(C)C(=O)OCCOCCOC(=O)[C@H]1CC=CC[C@@H]1C(=O)OCCOCCOC(=O)C(=C)C. The molecule has 1 aliphatic rings. The van der Waals surface area contributed by atoms with E-state index in [1.807, 2.05) is 12.2 Å². The van der Waals surface area contributed by atoms with Crippen LogP contribution in [-0.2, 0) is 47.6 Å². The van der Waals surface area contributed by atoms with E-state index in [-0.39, 0.29) is 52.9 Å². The van der Waals surface area contributed by atoms with Gasteiger partial charge in [-0.1, -0.05) is 25.3 Å². The van der Waals surface area contributed by atoms with E-state index in [4.69, 9.17) is 28.4 Å². The summed E-state index contributed by atoms with van der Waals surface area (Å²) in [4.78, 5) is 47.4. The van der Waals surface area contributed by atoms with Crippen molar-refractivity contribution in [3.8, 4) is 0 Å². The number of rotatable bonds is 16. The van der Waals surface area contributed by atoms with Crippen molar-refractivity contribution >= 4 is 23.9 Å². The normalized spacial score (nSPS) is 16.9. The lowest BCUT2D eigenvalue weighted by molar-refractivity contribution is -0.162. The van der Waals surface area contributed by atoms with Crippen LogP contribution in [0, 0.1) is 11.8 Å². The van der Waals surface area contributed by atoms with E-state index in [1.54, 1.807) is 13.8 Å². The number of hydrogen-bond donors (Lipinski definition) is 0. The molecule has 0 bridgehead atoms. The van der Waals surface area contributed by atoms with Crippen molar-refractivity contribution in [3.63, 3.8) is 0 Å². The maximum atomic E-state index is 12.4. The Morgan fingerprint density at radius 1 is 0.618 bits per heavy atom. The molecule has 0 fully saturated rings. The van der Waals surface area contributed by atoms with Crippen molar-refractivity contribution in [2.45, 2.75) is 26.7 Å². The highest BCUT2D eigenvalue weighted by atomic mass is 16.6. The lowest BCUT2D eigenvalue weighted by atomic mass is 9.83. The average Bonchev–Trinajstić information content (AvgIpc) is 2.81. The van der Waals surface area contributed by atoms with Crippen LogP contribution in [0.2, 0.25) is 0 Å². The molecule has 0 amide bonds. The first-order valence-electron chi connectivity index (χ1n) is 11.0. The lowest BCUT2D eigenvalue weighted by Crippen LogP contribution is -2.34. The predicted octanol–water partition coefficient (Wildman–Crippen LogP) is 1.93. The number of carbonyl (C=O) groups excluding carboxylic acids is 4. The summed E-state index contributed by atoms with van der Waals surface area (Å²) in [7, 11) is 0. The molecular weight excluding hydrogens is 448 g/mol. The highest BCUT2D eigenvalue weighted by Crippen LogP contribution is 2.28. The Balaban J connectivity index is 2.23. The molecule has 0 saturated carbocycles. The summed E-state index contributed by atoms with van der Waals surface area (Å²) < 4.78 is 30.7. The van der Waals surface area contributed by atoms with Crippen molar-refractivity contribution in [2.24, 2.45) is 11.8 Å². The highest BCUT2D eigenvalue weighted by Gasteiger charge is 2.36. The van der Waals surface area contributed by atoms with Gasteiger partial charge in [-0.25, -0.2) is 9.59 Å². The van der Waals surface area contributed by atoms with Crippen molar-refractivity contribution < 1.29 is 47.6 Å². The molecule has 190 valence electrons. The fourth-order valence-electron chi connectivity index (χ4n) is 2.79. The number of hydrogen-bond acceptors (Lipinski definition) is 10. The standard InChI is InChI=1S/C24H34O10/c1-17(2)21(25)31-13-9-29-11-15-33-23(27)19-7-5-6-8-20(19)24(28)34-16-12-30-10-14-32-22(26)18(3)4/h5-6,19-20H,1,3,7-16H2,2,4H3/t19-,20-/m0/s1. The second-order valence-corrected chi connectivity index (χ2v) is 7.55. The zero-order valence-corrected chi connectivity index (χ0v) is 19.9. The highest BCUT2D eigenvalue weighted by molar-refractivity contribution is 5.87. The van der Waals surface area contributed by atoms with E-state index in [2.05, 4.69) is 13.2 Å². The third-order valence-electron chi connectivity index (χ3n) is 4.60. The molecule has 34 heavy (non-hydrogen) atoms. The molecule has 1 rings (SSSR count). The van der Waals surface area contributed by atoms with Gasteiger partial charge in [0.1, 0.15) is 26.4 Å². The lowest BCUT2D eigenvalue weighted by Gasteiger charge is -2.25. The molecule has 1 aliphatic carbocycles. The summed E-state index contributed by atoms with van der Waals surface area (Å²) in [6, 6.07) is 0. The Morgan fingerprint density at radius 3 is 1.26 bits per heavy atom. The van der Waals surface area contributed by atoms with Crippen molar-refractivity contribution in [1.82, 2.24) is 0 Å². The number of allylic oxidation sites excluding steroid dienone is 2. The predicted molar refractivity (Wildman–Crippen MR) is 120 cm³/mol. The maximum absolute atomic E-state index is 12.4.